The minimum Gasteiger partial charge on any atom is -0.489 e. The Morgan fingerprint density at radius 2 is 2.04 bits per heavy atom. The van der Waals surface area contributed by atoms with Crippen molar-refractivity contribution in [3.8, 4) is 5.75 Å². The van der Waals surface area contributed by atoms with Crippen LogP contribution in [-0.2, 0) is 13.0 Å². The summed E-state index contributed by atoms with van der Waals surface area (Å²) in [6, 6.07) is 19.4. The zero-order chi connectivity index (χ0) is 18.6. The van der Waals surface area contributed by atoms with Crippen LogP contribution in [0, 0.1) is 5.92 Å². The molecule has 0 N–H and O–H groups in total. The summed E-state index contributed by atoms with van der Waals surface area (Å²) in [4.78, 5) is 19.2. The summed E-state index contributed by atoms with van der Waals surface area (Å²) in [5, 5.41) is 0. The number of fused-ring (bicyclic) bond motifs is 1. The molecule has 0 saturated carbocycles. The summed E-state index contributed by atoms with van der Waals surface area (Å²) in [5.74, 6) is 1.14. The first-order valence-corrected chi connectivity index (χ1v) is 9.22. The highest BCUT2D eigenvalue weighted by atomic mass is 16.5. The maximum absolute atomic E-state index is 13.2. The second-order valence-electron chi connectivity index (χ2n) is 7.03. The average molecular weight is 358 g/mol. The maximum atomic E-state index is 13.2. The van der Waals surface area contributed by atoms with Crippen LogP contribution in [0.1, 0.15) is 28.4 Å². The topological polar surface area (TPSA) is 42.4 Å². The summed E-state index contributed by atoms with van der Waals surface area (Å²) < 4.78 is 5.85. The van der Waals surface area contributed by atoms with Crippen molar-refractivity contribution in [1.82, 2.24) is 4.98 Å². The van der Waals surface area contributed by atoms with Gasteiger partial charge in [-0.1, -0.05) is 37.3 Å². The lowest BCUT2D eigenvalue weighted by atomic mass is 9.93. The Hall–Kier alpha value is -3.14. The number of para-hydroxylation sites is 1. The second kappa shape index (κ2) is 7.62. The van der Waals surface area contributed by atoms with Gasteiger partial charge in [-0.15, -0.1) is 0 Å². The molecule has 0 fully saturated rings. The van der Waals surface area contributed by atoms with Gasteiger partial charge >= 0.3 is 0 Å². The van der Waals surface area contributed by atoms with Crippen molar-refractivity contribution < 1.29 is 9.53 Å². The van der Waals surface area contributed by atoms with E-state index >= 15 is 0 Å². The molecule has 1 aliphatic heterocycles. The molecule has 1 atom stereocenters. The summed E-state index contributed by atoms with van der Waals surface area (Å²) in [6.45, 7) is 3.34. The lowest BCUT2D eigenvalue weighted by Crippen LogP contribution is -2.39. The van der Waals surface area contributed by atoms with Crippen molar-refractivity contribution in [3.63, 3.8) is 0 Å². The van der Waals surface area contributed by atoms with Crippen LogP contribution in [0.25, 0.3) is 0 Å². The van der Waals surface area contributed by atoms with E-state index < -0.39 is 0 Å². The molecule has 2 heterocycles. The SMILES string of the molecule is C[C@@H]1Cc2ccccc2N(C(=O)c2cccc(OCc3cccnc3)c2)C1. The smallest absolute Gasteiger partial charge is 0.258 e. The largest absolute Gasteiger partial charge is 0.489 e. The first-order chi connectivity index (χ1) is 13.2. The van der Waals surface area contributed by atoms with Gasteiger partial charge in [0.25, 0.3) is 5.91 Å². The number of hydrogen-bond donors (Lipinski definition) is 0. The van der Waals surface area contributed by atoms with Crippen molar-refractivity contribution >= 4 is 11.6 Å². The number of carbonyl (C=O) groups is 1. The van der Waals surface area contributed by atoms with Crippen molar-refractivity contribution in [2.45, 2.75) is 20.0 Å². The summed E-state index contributed by atoms with van der Waals surface area (Å²) in [6.07, 6.45) is 4.52. The van der Waals surface area contributed by atoms with Gasteiger partial charge in [0.2, 0.25) is 0 Å². The Morgan fingerprint density at radius 1 is 1.15 bits per heavy atom. The van der Waals surface area contributed by atoms with E-state index in [-0.39, 0.29) is 5.91 Å². The van der Waals surface area contributed by atoms with Crippen LogP contribution in [0.3, 0.4) is 0 Å². The fourth-order valence-electron chi connectivity index (χ4n) is 3.51. The fourth-order valence-corrected chi connectivity index (χ4v) is 3.51. The quantitative estimate of drug-likeness (QED) is 0.690. The molecule has 0 radical (unpaired) electrons. The summed E-state index contributed by atoms with van der Waals surface area (Å²) in [7, 11) is 0. The zero-order valence-electron chi connectivity index (χ0n) is 15.3. The van der Waals surface area contributed by atoms with Gasteiger partial charge in [-0.25, -0.2) is 0 Å². The van der Waals surface area contributed by atoms with E-state index in [1.54, 1.807) is 12.4 Å². The molecular weight excluding hydrogens is 336 g/mol. The summed E-state index contributed by atoms with van der Waals surface area (Å²) >= 11 is 0. The van der Waals surface area contributed by atoms with Crippen LogP contribution < -0.4 is 9.64 Å². The number of benzene rings is 2. The van der Waals surface area contributed by atoms with Crippen molar-refractivity contribution in [2.24, 2.45) is 5.92 Å². The standard InChI is InChI=1S/C23H22N2O2/c1-17-12-19-7-2-3-10-22(19)25(15-17)23(26)20-8-4-9-21(13-20)27-16-18-6-5-11-24-14-18/h2-11,13-14,17H,12,15-16H2,1H3/t17-/m1/s1. The van der Waals surface area contributed by atoms with Crippen LogP contribution in [0.4, 0.5) is 5.69 Å². The van der Waals surface area contributed by atoms with E-state index in [9.17, 15) is 4.79 Å². The van der Waals surface area contributed by atoms with E-state index in [4.69, 9.17) is 4.74 Å². The monoisotopic (exact) mass is 358 g/mol. The predicted octanol–water partition coefficient (Wildman–Crippen LogP) is 4.50. The Kier molecular flexibility index (Phi) is 4.88. The first-order valence-electron chi connectivity index (χ1n) is 9.22. The third-order valence-corrected chi connectivity index (χ3v) is 4.80. The van der Waals surface area contributed by atoms with Crippen LogP contribution in [0.5, 0.6) is 5.75 Å². The predicted molar refractivity (Wildman–Crippen MR) is 106 cm³/mol. The molecule has 1 aromatic heterocycles. The van der Waals surface area contributed by atoms with Gasteiger partial charge in [-0.05, 0) is 48.2 Å². The van der Waals surface area contributed by atoms with Gasteiger partial charge in [0.15, 0.2) is 0 Å². The molecule has 136 valence electrons. The number of pyridine rings is 1. The molecule has 0 spiro atoms. The molecule has 0 bridgehead atoms. The molecule has 27 heavy (non-hydrogen) atoms. The highest BCUT2D eigenvalue weighted by Crippen LogP contribution is 2.31. The second-order valence-corrected chi connectivity index (χ2v) is 7.03. The van der Waals surface area contributed by atoms with Crippen molar-refractivity contribution in [1.29, 1.82) is 0 Å². The molecule has 4 nitrogen and oxygen atoms in total. The van der Waals surface area contributed by atoms with E-state index in [2.05, 4.69) is 18.0 Å². The molecule has 2 aromatic carbocycles. The average Bonchev–Trinajstić information content (AvgIpc) is 2.72. The van der Waals surface area contributed by atoms with E-state index in [1.165, 1.54) is 5.56 Å². The van der Waals surface area contributed by atoms with E-state index in [1.807, 2.05) is 59.5 Å². The van der Waals surface area contributed by atoms with E-state index in [0.717, 1.165) is 24.2 Å². The van der Waals surface area contributed by atoms with Crippen LogP contribution in [0.15, 0.2) is 73.1 Å². The molecule has 0 unspecified atom stereocenters. The van der Waals surface area contributed by atoms with Gasteiger partial charge in [-0.2, -0.15) is 0 Å². The van der Waals surface area contributed by atoms with E-state index in [0.29, 0.717) is 23.8 Å². The van der Waals surface area contributed by atoms with Gasteiger partial charge in [0.1, 0.15) is 12.4 Å². The Bertz CT molecular complexity index is 940. The number of rotatable bonds is 4. The Morgan fingerprint density at radius 3 is 2.89 bits per heavy atom. The third kappa shape index (κ3) is 3.85. The minimum atomic E-state index is 0.0147. The third-order valence-electron chi connectivity index (χ3n) is 4.80. The van der Waals surface area contributed by atoms with Gasteiger partial charge in [0.05, 0.1) is 0 Å². The minimum absolute atomic E-state index is 0.0147. The molecule has 4 rings (SSSR count). The van der Waals surface area contributed by atoms with Crippen LogP contribution in [0.2, 0.25) is 0 Å². The number of nitrogens with zero attached hydrogens (tertiary/aromatic N) is 2. The van der Waals surface area contributed by atoms with Gasteiger partial charge < -0.3 is 9.64 Å². The number of aromatic nitrogens is 1. The normalized spacial score (nSPS) is 15.9. The summed E-state index contributed by atoms with van der Waals surface area (Å²) in [5.41, 5.74) is 3.88. The number of carbonyl (C=O) groups excluding carboxylic acids is 1. The highest BCUT2D eigenvalue weighted by Gasteiger charge is 2.27. The first kappa shape index (κ1) is 17.3. The molecule has 0 saturated heterocycles. The Balaban J connectivity index is 1.54. The van der Waals surface area contributed by atoms with Gasteiger partial charge in [0, 0.05) is 35.8 Å². The number of hydrogen-bond acceptors (Lipinski definition) is 3. The number of anilines is 1. The van der Waals surface area contributed by atoms with Gasteiger partial charge in [-0.3, -0.25) is 9.78 Å². The molecule has 0 aliphatic carbocycles. The lowest BCUT2D eigenvalue weighted by molar-refractivity contribution is 0.0980. The molecule has 1 aliphatic rings. The zero-order valence-corrected chi connectivity index (χ0v) is 15.3. The molecule has 4 heteroatoms. The number of ether oxygens (including phenoxy) is 1. The molecular formula is C23H22N2O2. The highest BCUT2D eigenvalue weighted by molar-refractivity contribution is 6.07. The fraction of sp³-hybridized carbons (Fsp3) is 0.217. The molecule has 3 aromatic rings. The van der Waals surface area contributed by atoms with Crippen molar-refractivity contribution in [2.75, 3.05) is 11.4 Å². The lowest BCUT2D eigenvalue weighted by Gasteiger charge is -2.33. The maximum Gasteiger partial charge on any atom is 0.258 e. The van der Waals surface area contributed by atoms with Crippen molar-refractivity contribution in [3.05, 3.63) is 89.7 Å². The van der Waals surface area contributed by atoms with Crippen LogP contribution in [-0.4, -0.2) is 17.4 Å². The Labute approximate surface area is 159 Å². The van der Waals surface area contributed by atoms with Crippen LogP contribution >= 0.6 is 0 Å². The number of amides is 1. The molecule has 1 amide bonds.